The van der Waals surface area contributed by atoms with Crippen LogP contribution in [0, 0.1) is 6.92 Å². The number of carbonyl (C=O) groups excluding carboxylic acids is 2. The maximum absolute atomic E-state index is 12.9. The average Bonchev–Trinajstić information content (AvgIpc) is 3.15. The van der Waals surface area contributed by atoms with Crippen molar-refractivity contribution in [3.8, 4) is 0 Å². The Morgan fingerprint density at radius 3 is 2.95 bits per heavy atom. The van der Waals surface area contributed by atoms with Gasteiger partial charge in [0.1, 0.15) is 17.0 Å². The van der Waals surface area contributed by atoms with Gasteiger partial charge in [-0.25, -0.2) is 4.79 Å². The van der Waals surface area contributed by atoms with Crippen molar-refractivity contribution < 1.29 is 14.1 Å². The number of rotatable bonds is 2. The molecule has 1 aromatic heterocycles. The normalized spacial score (nSPS) is 23.2. The Bertz CT molecular complexity index is 782. The summed E-state index contributed by atoms with van der Waals surface area (Å²) in [6.45, 7) is 1.91. The van der Waals surface area contributed by atoms with Crippen LogP contribution in [-0.2, 0) is 23.3 Å². The number of hydrogen-bond acceptors (Lipinski definition) is 4. The third-order valence-electron chi connectivity index (χ3n) is 4.42. The Hall–Kier alpha value is -2.63. The van der Waals surface area contributed by atoms with Crippen molar-refractivity contribution in [2.24, 2.45) is 0 Å². The highest BCUT2D eigenvalue weighted by Gasteiger charge is 2.55. The van der Waals surface area contributed by atoms with Gasteiger partial charge in [0.15, 0.2) is 0 Å². The Morgan fingerprint density at radius 2 is 2.18 bits per heavy atom. The second kappa shape index (κ2) is 4.43. The minimum Gasteiger partial charge on any atom is -0.361 e. The number of aromatic nitrogens is 1. The second-order valence-corrected chi connectivity index (χ2v) is 5.81. The zero-order valence-corrected chi connectivity index (χ0v) is 12.1. The van der Waals surface area contributed by atoms with Crippen LogP contribution in [-0.4, -0.2) is 22.0 Å². The molecule has 1 N–H and O–H groups in total. The molecule has 0 bridgehead atoms. The van der Waals surface area contributed by atoms with E-state index in [0.717, 1.165) is 17.5 Å². The first-order chi connectivity index (χ1) is 10.6. The van der Waals surface area contributed by atoms with E-state index in [1.54, 1.807) is 13.0 Å². The van der Waals surface area contributed by atoms with Crippen molar-refractivity contribution in [2.75, 3.05) is 0 Å². The number of imide groups is 1. The molecule has 6 nitrogen and oxygen atoms in total. The summed E-state index contributed by atoms with van der Waals surface area (Å²) in [5.74, 6) is 0.450. The predicted octanol–water partition coefficient (Wildman–Crippen LogP) is 1.88. The molecule has 6 heteroatoms. The zero-order valence-electron chi connectivity index (χ0n) is 12.1. The lowest BCUT2D eigenvalue weighted by Crippen LogP contribution is -2.41. The lowest BCUT2D eigenvalue weighted by molar-refractivity contribution is -0.132. The second-order valence-electron chi connectivity index (χ2n) is 5.81. The van der Waals surface area contributed by atoms with Crippen LogP contribution in [0.3, 0.4) is 0 Å². The molecule has 2 aliphatic rings. The maximum atomic E-state index is 12.9. The van der Waals surface area contributed by atoms with Crippen molar-refractivity contribution in [3.05, 3.63) is 52.9 Å². The number of aryl methyl sites for hydroxylation is 2. The summed E-state index contributed by atoms with van der Waals surface area (Å²) in [6.07, 6.45) is 1.39. The number of fused-ring (bicyclic) bond motifs is 2. The number of hydrogen-bond donors (Lipinski definition) is 1. The minimum atomic E-state index is -0.910. The summed E-state index contributed by atoms with van der Waals surface area (Å²) in [5, 5.41) is 6.75. The molecular weight excluding hydrogens is 282 g/mol. The van der Waals surface area contributed by atoms with Gasteiger partial charge in [-0.2, -0.15) is 0 Å². The zero-order chi connectivity index (χ0) is 15.3. The molecular formula is C16H15N3O3. The average molecular weight is 297 g/mol. The Kier molecular flexibility index (Phi) is 2.63. The van der Waals surface area contributed by atoms with Gasteiger partial charge in [-0.15, -0.1) is 0 Å². The lowest BCUT2D eigenvalue weighted by Gasteiger charge is -2.22. The van der Waals surface area contributed by atoms with Crippen molar-refractivity contribution in [1.82, 2.24) is 15.4 Å². The van der Waals surface area contributed by atoms with Crippen molar-refractivity contribution in [1.29, 1.82) is 0 Å². The standard InChI is InChI=1S/C16H15N3O3/c1-10-8-12(18-22-10)9-19-14(20)16(17-15(19)21)7-6-11-4-2-3-5-13(11)16/h2-5,8H,6-7,9H2,1H3,(H,17,21). The van der Waals surface area contributed by atoms with Gasteiger partial charge in [0, 0.05) is 6.07 Å². The van der Waals surface area contributed by atoms with Crippen molar-refractivity contribution in [3.63, 3.8) is 0 Å². The summed E-state index contributed by atoms with van der Waals surface area (Å²) in [4.78, 5) is 26.4. The summed E-state index contributed by atoms with van der Waals surface area (Å²) in [7, 11) is 0. The smallest absolute Gasteiger partial charge is 0.325 e. The molecule has 2 heterocycles. The Morgan fingerprint density at radius 1 is 1.36 bits per heavy atom. The molecule has 1 saturated heterocycles. The number of carbonyl (C=O) groups is 2. The van der Waals surface area contributed by atoms with Gasteiger partial charge in [0.05, 0.1) is 6.54 Å². The van der Waals surface area contributed by atoms with E-state index in [1.807, 2.05) is 24.3 Å². The third kappa shape index (κ3) is 1.70. The highest BCUT2D eigenvalue weighted by molar-refractivity contribution is 6.08. The van der Waals surface area contributed by atoms with Gasteiger partial charge in [0.2, 0.25) is 0 Å². The predicted molar refractivity (Wildman–Crippen MR) is 76.8 cm³/mol. The van der Waals surface area contributed by atoms with Crippen LogP contribution < -0.4 is 5.32 Å². The molecule has 0 radical (unpaired) electrons. The molecule has 1 aliphatic heterocycles. The van der Waals surface area contributed by atoms with E-state index < -0.39 is 5.54 Å². The molecule has 1 fully saturated rings. The SMILES string of the molecule is Cc1cc(CN2C(=O)NC3(CCc4ccccc43)C2=O)no1. The molecule has 0 saturated carbocycles. The van der Waals surface area contributed by atoms with Crippen LogP contribution in [0.25, 0.3) is 0 Å². The molecule has 1 spiro atoms. The first-order valence-electron chi connectivity index (χ1n) is 7.25. The number of nitrogens with zero attached hydrogens (tertiary/aromatic N) is 2. The molecule has 1 aliphatic carbocycles. The first kappa shape index (κ1) is 13.1. The molecule has 22 heavy (non-hydrogen) atoms. The Balaban J connectivity index is 1.68. The quantitative estimate of drug-likeness (QED) is 0.859. The maximum Gasteiger partial charge on any atom is 0.325 e. The molecule has 1 atom stereocenters. The van der Waals surface area contributed by atoms with Crippen LogP contribution in [0.4, 0.5) is 4.79 Å². The van der Waals surface area contributed by atoms with Crippen LogP contribution in [0.15, 0.2) is 34.9 Å². The molecule has 112 valence electrons. The fraction of sp³-hybridized carbons (Fsp3) is 0.312. The molecule has 1 aromatic carbocycles. The van der Waals surface area contributed by atoms with E-state index in [2.05, 4.69) is 10.5 Å². The van der Waals surface area contributed by atoms with E-state index >= 15 is 0 Å². The number of amides is 3. The third-order valence-corrected chi connectivity index (χ3v) is 4.42. The fourth-order valence-corrected chi connectivity index (χ4v) is 3.39. The van der Waals surface area contributed by atoms with Gasteiger partial charge >= 0.3 is 6.03 Å². The number of nitrogens with one attached hydrogen (secondary N) is 1. The van der Waals surface area contributed by atoms with Gasteiger partial charge < -0.3 is 9.84 Å². The summed E-state index contributed by atoms with van der Waals surface area (Å²) < 4.78 is 5.00. The number of urea groups is 1. The fourth-order valence-electron chi connectivity index (χ4n) is 3.39. The van der Waals surface area contributed by atoms with Gasteiger partial charge in [0.25, 0.3) is 5.91 Å². The Labute approximate surface area is 127 Å². The highest BCUT2D eigenvalue weighted by atomic mass is 16.5. The van der Waals surface area contributed by atoms with E-state index in [9.17, 15) is 9.59 Å². The lowest BCUT2D eigenvalue weighted by atomic mass is 9.92. The minimum absolute atomic E-state index is 0.131. The van der Waals surface area contributed by atoms with E-state index in [1.165, 1.54) is 4.90 Å². The van der Waals surface area contributed by atoms with Crippen LogP contribution in [0.5, 0.6) is 0 Å². The van der Waals surface area contributed by atoms with Gasteiger partial charge in [-0.3, -0.25) is 9.69 Å². The van der Waals surface area contributed by atoms with Gasteiger partial charge in [-0.1, -0.05) is 29.4 Å². The molecule has 1 unspecified atom stereocenters. The summed E-state index contributed by atoms with van der Waals surface area (Å²) in [5.41, 5.74) is 1.69. The number of benzene rings is 1. The van der Waals surface area contributed by atoms with Crippen LogP contribution in [0.1, 0.15) is 29.0 Å². The molecule has 2 aromatic rings. The first-order valence-corrected chi connectivity index (χ1v) is 7.25. The monoisotopic (exact) mass is 297 g/mol. The molecule has 4 rings (SSSR count). The van der Waals surface area contributed by atoms with E-state index in [0.29, 0.717) is 17.9 Å². The molecule has 3 amide bonds. The topological polar surface area (TPSA) is 75.4 Å². The highest BCUT2D eigenvalue weighted by Crippen LogP contribution is 2.41. The largest absolute Gasteiger partial charge is 0.361 e. The van der Waals surface area contributed by atoms with E-state index in [4.69, 9.17) is 4.52 Å². The van der Waals surface area contributed by atoms with E-state index in [-0.39, 0.29) is 18.5 Å². The van der Waals surface area contributed by atoms with Crippen molar-refractivity contribution in [2.45, 2.75) is 31.8 Å². The summed E-state index contributed by atoms with van der Waals surface area (Å²) >= 11 is 0. The van der Waals surface area contributed by atoms with Gasteiger partial charge in [-0.05, 0) is 30.9 Å². The van der Waals surface area contributed by atoms with Crippen LogP contribution >= 0.6 is 0 Å². The summed E-state index contributed by atoms with van der Waals surface area (Å²) in [6, 6.07) is 9.14. The van der Waals surface area contributed by atoms with Crippen LogP contribution in [0.2, 0.25) is 0 Å². The van der Waals surface area contributed by atoms with Crippen molar-refractivity contribution >= 4 is 11.9 Å².